The zero-order chi connectivity index (χ0) is 11.8. The van der Waals surface area contributed by atoms with E-state index in [1.165, 1.54) is 11.3 Å². The van der Waals surface area contributed by atoms with Crippen molar-refractivity contribution in [2.75, 3.05) is 6.54 Å². The molecule has 1 heterocycles. The van der Waals surface area contributed by atoms with Gasteiger partial charge in [-0.3, -0.25) is 14.5 Å². The molecule has 4 nitrogen and oxygen atoms in total. The quantitative estimate of drug-likeness (QED) is 0.713. The van der Waals surface area contributed by atoms with Crippen LogP contribution >= 0.6 is 0 Å². The molecule has 4 heteroatoms. The summed E-state index contributed by atoms with van der Waals surface area (Å²) in [5, 5.41) is 0. The molecule has 90 valence electrons. The smallest absolute Gasteiger partial charge is 0.236 e. The first-order valence-electron chi connectivity index (χ1n) is 6.17. The van der Waals surface area contributed by atoms with Gasteiger partial charge in [0.1, 0.15) is 0 Å². The molecule has 1 atom stereocenters. The SMILES string of the molecule is CC(CN)N1C(=O)CC2(CCCCC2)C1=O. The van der Waals surface area contributed by atoms with E-state index in [4.69, 9.17) is 5.73 Å². The molecule has 0 radical (unpaired) electrons. The van der Waals surface area contributed by atoms with E-state index in [0.717, 1.165) is 25.7 Å². The summed E-state index contributed by atoms with van der Waals surface area (Å²) in [7, 11) is 0. The predicted octanol–water partition coefficient (Wildman–Crippen LogP) is 1.04. The first kappa shape index (κ1) is 11.6. The van der Waals surface area contributed by atoms with Crippen molar-refractivity contribution in [3.8, 4) is 0 Å². The molecular formula is C12H20N2O2. The minimum Gasteiger partial charge on any atom is -0.328 e. The zero-order valence-corrected chi connectivity index (χ0v) is 9.87. The van der Waals surface area contributed by atoms with Crippen molar-refractivity contribution < 1.29 is 9.59 Å². The first-order valence-corrected chi connectivity index (χ1v) is 6.17. The van der Waals surface area contributed by atoms with Gasteiger partial charge in [0.2, 0.25) is 11.8 Å². The summed E-state index contributed by atoms with van der Waals surface area (Å²) in [6.45, 7) is 2.20. The summed E-state index contributed by atoms with van der Waals surface area (Å²) in [6, 6.07) is -0.152. The molecular weight excluding hydrogens is 204 g/mol. The lowest BCUT2D eigenvalue weighted by atomic mass is 9.73. The number of nitrogens with two attached hydrogens (primary N) is 1. The van der Waals surface area contributed by atoms with E-state index in [-0.39, 0.29) is 23.3 Å². The third kappa shape index (κ3) is 1.65. The number of carbonyl (C=O) groups is 2. The van der Waals surface area contributed by atoms with Crippen LogP contribution in [-0.4, -0.2) is 29.3 Å². The summed E-state index contributed by atoms with van der Waals surface area (Å²) in [5.74, 6) is 0.0139. The summed E-state index contributed by atoms with van der Waals surface area (Å²) >= 11 is 0. The summed E-state index contributed by atoms with van der Waals surface area (Å²) in [5.41, 5.74) is 5.19. The third-order valence-electron chi connectivity index (χ3n) is 4.02. The van der Waals surface area contributed by atoms with Gasteiger partial charge in [0.15, 0.2) is 0 Å². The van der Waals surface area contributed by atoms with Gasteiger partial charge in [-0.05, 0) is 19.8 Å². The van der Waals surface area contributed by atoms with Gasteiger partial charge in [0.05, 0.1) is 5.41 Å². The van der Waals surface area contributed by atoms with Gasteiger partial charge in [-0.15, -0.1) is 0 Å². The van der Waals surface area contributed by atoms with Crippen LogP contribution in [0.4, 0.5) is 0 Å². The molecule has 1 unspecified atom stereocenters. The fourth-order valence-electron chi connectivity index (χ4n) is 2.99. The lowest BCUT2D eigenvalue weighted by Gasteiger charge is -2.31. The van der Waals surface area contributed by atoms with Crippen molar-refractivity contribution in [1.29, 1.82) is 0 Å². The molecule has 0 aromatic rings. The van der Waals surface area contributed by atoms with Crippen molar-refractivity contribution >= 4 is 11.8 Å². The van der Waals surface area contributed by atoms with E-state index < -0.39 is 0 Å². The van der Waals surface area contributed by atoms with E-state index in [0.29, 0.717) is 13.0 Å². The molecule has 1 spiro atoms. The van der Waals surface area contributed by atoms with Crippen LogP contribution in [0.1, 0.15) is 45.4 Å². The minimum absolute atomic E-state index is 0.0233. The van der Waals surface area contributed by atoms with Gasteiger partial charge in [0, 0.05) is 19.0 Å². The van der Waals surface area contributed by atoms with Crippen molar-refractivity contribution in [3.63, 3.8) is 0 Å². The van der Waals surface area contributed by atoms with E-state index in [9.17, 15) is 9.59 Å². The lowest BCUT2D eigenvalue weighted by Crippen LogP contribution is -2.45. The first-order chi connectivity index (χ1) is 7.60. The van der Waals surface area contributed by atoms with Gasteiger partial charge < -0.3 is 5.73 Å². The van der Waals surface area contributed by atoms with E-state index in [1.807, 2.05) is 6.92 Å². The van der Waals surface area contributed by atoms with Gasteiger partial charge in [0.25, 0.3) is 0 Å². The van der Waals surface area contributed by atoms with Crippen molar-refractivity contribution in [2.24, 2.45) is 11.1 Å². The topological polar surface area (TPSA) is 63.4 Å². The summed E-state index contributed by atoms with van der Waals surface area (Å²) in [4.78, 5) is 25.7. The second-order valence-corrected chi connectivity index (χ2v) is 5.17. The number of carbonyl (C=O) groups excluding carboxylic acids is 2. The lowest BCUT2D eigenvalue weighted by molar-refractivity contribution is -0.144. The molecule has 2 fully saturated rings. The Morgan fingerprint density at radius 3 is 2.50 bits per heavy atom. The number of hydrogen-bond donors (Lipinski definition) is 1. The van der Waals surface area contributed by atoms with Crippen LogP contribution in [0.3, 0.4) is 0 Å². The highest BCUT2D eigenvalue weighted by Gasteiger charge is 2.52. The second-order valence-electron chi connectivity index (χ2n) is 5.17. The van der Waals surface area contributed by atoms with Crippen LogP contribution in [0.25, 0.3) is 0 Å². The molecule has 0 aromatic heterocycles. The number of likely N-dealkylation sites (tertiary alicyclic amines) is 1. The highest BCUT2D eigenvalue weighted by atomic mass is 16.2. The number of amides is 2. The maximum absolute atomic E-state index is 12.3. The number of hydrogen-bond acceptors (Lipinski definition) is 3. The molecule has 1 aliphatic carbocycles. The highest BCUT2D eigenvalue weighted by Crippen LogP contribution is 2.45. The third-order valence-corrected chi connectivity index (χ3v) is 4.02. The highest BCUT2D eigenvalue weighted by molar-refractivity contribution is 6.06. The normalized spacial score (nSPS) is 26.5. The molecule has 2 rings (SSSR count). The van der Waals surface area contributed by atoms with Crippen molar-refractivity contribution in [3.05, 3.63) is 0 Å². The van der Waals surface area contributed by atoms with Crippen LogP contribution in [0.15, 0.2) is 0 Å². The largest absolute Gasteiger partial charge is 0.328 e. The molecule has 0 bridgehead atoms. The predicted molar refractivity (Wildman–Crippen MR) is 60.5 cm³/mol. The Morgan fingerprint density at radius 1 is 1.31 bits per heavy atom. The van der Waals surface area contributed by atoms with Gasteiger partial charge in [-0.25, -0.2) is 0 Å². The second kappa shape index (κ2) is 4.17. The Hall–Kier alpha value is -0.900. The minimum atomic E-state index is -0.362. The average Bonchev–Trinajstić information content (AvgIpc) is 2.51. The van der Waals surface area contributed by atoms with Crippen LogP contribution < -0.4 is 5.73 Å². The van der Waals surface area contributed by atoms with Crippen LogP contribution in [0, 0.1) is 5.41 Å². The monoisotopic (exact) mass is 224 g/mol. The van der Waals surface area contributed by atoms with Crippen molar-refractivity contribution in [2.45, 2.75) is 51.5 Å². The Morgan fingerprint density at radius 2 is 1.94 bits per heavy atom. The molecule has 1 saturated carbocycles. The molecule has 2 N–H and O–H groups in total. The Labute approximate surface area is 96.2 Å². The molecule has 1 saturated heterocycles. The standard InChI is InChI=1S/C12H20N2O2/c1-9(8-13)14-10(15)7-12(11(14)16)5-3-2-4-6-12/h9H,2-8,13H2,1H3. The van der Waals surface area contributed by atoms with Crippen LogP contribution in [0.2, 0.25) is 0 Å². The maximum Gasteiger partial charge on any atom is 0.236 e. The Balaban J connectivity index is 2.20. The van der Waals surface area contributed by atoms with Crippen molar-refractivity contribution in [1.82, 2.24) is 4.90 Å². The summed E-state index contributed by atoms with van der Waals surface area (Å²) in [6.07, 6.45) is 5.51. The van der Waals surface area contributed by atoms with E-state index in [2.05, 4.69) is 0 Å². The maximum atomic E-state index is 12.3. The fraction of sp³-hybridized carbons (Fsp3) is 0.833. The number of nitrogens with zero attached hydrogens (tertiary/aromatic N) is 1. The molecule has 16 heavy (non-hydrogen) atoms. The zero-order valence-electron chi connectivity index (χ0n) is 9.87. The molecule has 0 aromatic carbocycles. The van der Waals surface area contributed by atoms with Crippen LogP contribution in [0.5, 0.6) is 0 Å². The van der Waals surface area contributed by atoms with E-state index >= 15 is 0 Å². The molecule has 1 aliphatic heterocycles. The van der Waals surface area contributed by atoms with Gasteiger partial charge in [-0.1, -0.05) is 19.3 Å². The van der Waals surface area contributed by atoms with Crippen LogP contribution in [-0.2, 0) is 9.59 Å². The Bertz CT molecular complexity index is 308. The molecule has 2 aliphatic rings. The van der Waals surface area contributed by atoms with Gasteiger partial charge in [-0.2, -0.15) is 0 Å². The van der Waals surface area contributed by atoms with E-state index in [1.54, 1.807) is 0 Å². The average molecular weight is 224 g/mol. The number of imide groups is 1. The molecule has 2 amide bonds. The fourth-order valence-corrected chi connectivity index (χ4v) is 2.99. The Kier molecular flexibility index (Phi) is 3.02. The van der Waals surface area contributed by atoms with Gasteiger partial charge >= 0.3 is 0 Å². The summed E-state index contributed by atoms with van der Waals surface area (Å²) < 4.78 is 0. The number of rotatable bonds is 2.